The molecule has 0 aliphatic heterocycles. The lowest BCUT2D eigenvalue weighted by Gasteiger charge is -2.28. The summed E-state index contributed by atoms with van der Waals surface area (Å²) < 4.78 is 66.1. The normalized spacial score (nSPS) is 11.6. The van der Waals surface area contributed by atoms with Crippen LogP contribution >= 0.6 is 34.8 Å². The lowest BCUT2D eigenvalue weighted by Crippen LogP contribution is -2.31. The van der Waals surface area contributed by atoms with Gasteiger partial charge in [0.1, 0.15) is 26.7 Å². The first kappa shape index (κ1) is 102. The summed E-state index contributed by atoms with van der Waals surface area (Å²) >= 11 is 18.2. The van der Waals surface area contributed by atoms with E-state index in [9.17, 15) is 29.7 Å². The number of halogens is 3. The Morgan fingerprint density at radius 1 is 0.379 bits per heavy atom. The van der Waals surface area contributed by atoms with E-state index in [0.29, 0.717) is 141 Å². The lowest BCUT2D eigenvalue weighted by molar-refractivity contribution is -0.0248. The number of hydrogen-bond donors (Lipinski definition) is 3. The van der Waals surface area contributed by atoms with Gasteiger partial charge in [-0.05, 0) is 125 Å². The van der Waals surface area contributed by atoms with E-state index in [1.165, 1.54) is 40.6 Å². The number of ketones is 1. The number of ether oxygens (including phenoxy) is 12. The van der Waals surface area contributed by atoms with Gasteiger partial charge in [0.25, 0.3) is 0 Å². The highest BCUT2D eigenvalue weighted by atomic mass is 35.5. The SMILES string of the molecule is C=C(CC)c1cc(C(=O)OCCC)nc(OC)c1COCc1ccccc1.C=C(CC)c1cc(Cl)nc(OC)c1COCc1ccccc1.C=CC(O)(CC)c1cc(Cl)nc(OC)c1COCc1ccccc1.CCC(O)(CO)c1cc(Cl)nc(OC)c1COCc1ccccc1.CCCOC(=O)c1cc(C(=O)CC)c(COCc2ccccc2)c(OC)n1. The second-order valence-electron chi connectivity index (χ2n) is 27.9. The molecule has 10 rings (SSSR count). The highest BCUT2D eigenvalue weighted by Gasteiger charge is 2.33. The van der Waals surface area contributed by atoms with Crippen molar-refractivity contribution in [3.05, 3.63) is 318 Å². The summed E-state index contributed by atoms with van der Waals surface area (Å²) in [6.07, 6.45) is 5.58. The summed E-state index contributed by atoms with van der Waals surface area (Å²) in [4.78, 5) is 57.9. The first-order chi connectivity index (χ1) is 59.9. The molecule has 5 heterocycles. The zero-order valence-electron chi connectivity index (χ0n) is 73.0. The third kappa shape index (κ3) is 31.5. The molecule has 5 aromatic carbocycles. The Hall–Kier alpha value is -10.8. The number of rotatable bonds is 43. The van der Waals surface area contributed by atoms with Gasteiger partial charge in [0.2, 0.25) is 29.4 Å². The Bertz CT molecular complexity index is 4840. The van der Waals surface area contributed by atoms with Gasteiger partial charge in [0.15, 0.2) is 17.2 Å². The molecule has 0 radical (unpaired) electrons. The van der Waals surface area contributed by atoms with E-state index in [2.05, 4.69) is 51.6 Å². The number of aromatic nitrogens is 5. The number of methoxy groups -OCH3 is 5. The number of esters is 2. The van der Waals surface area contributed by atoms with Crippen molar-refractivity contribution in [1.82, 2.24) is 24.9 Å². The van der Waals surface area contributed by atoms with Crippen LogP contribution in [0.5, 0.6) is 29.4 Å². The van der Waals surface area contributed by atoms with Crippen molar-refractivity contribution in [2.45, 2.75) is 171 Å². The number of allylic oxidation sites excluding steroid dienone is 2. The third-order valence-corrected chi connectivity index (χ3v) is 19.9. The van der Waals surface area contributed by atoms with Gasteiger partial charge in [-0.15, -0.1) is 0 Å². The van der Waals surface area contributed by atoms with E-state index in [0.717, 1.165) is 80.5 Å². The number of pyridine rings is 5. The number of Topliss-reactive ketones (excluding diaryl/α,β-unsaturated/α-hetero) is 1. The number of aliphatic hydroxyl groups excluding tert-OH is 1. The molecule has 0 saturated carbocycles. The topological polar surface area (TPSA) is 287 Å². The van der Waals surface area contributed by atoms with Crippen LogP contribution in [0.3, 0.4) is 0 Å². The Balaban J connectivity index is 0.000000240. The number of carbonyl (C=O) groups is 3. The fourth-order valence-corrected chi connectivity index (χ4v) is 12.8. The van der Waals surface area contributed by atoms with Crippen LogP contribution in [0.15, 0.2) is 208 Å². The van der Waals surface area contributed by atoms with Crippen LogP contribution in [0.25, 0.3) is 11.1 Å². The number of benzene rings is 5. The second kappa shape index (κ2) is 54.8. The number of carbonyl (C=O) groups excluding carboxylic acids is 3. The van der Waals surface area contributed by atoms with E-state index in [1.807, 2.05) is 185 Å². The molecule has 0 aliphatic rings. The Morgan fingerprint density at radius 2 is 0.669 bits per heavy atom. The number of hydrogen-bond acceptors (Lipinski definition) is 23. The number of nitrogens with zero attached hydrogens (tertiary/aromatic N) is 5. The Labute approximate surface area is 744 Å². The zero-order chi connectivity index (χ0) is 90.4. The fraction of sp³-hybridized carbons (Fsp3) is 0.347. The van der Waals surface area contributed by atoms with Crippen molar-refractivity contribution in [3.63, 3.8) is 0 Å². The minimum atomic E-state index is -1.43. The first-order valence-corrected chi connectivity index (χ1v) is 41.9. The maximum absolute atomic E-state index is 12.4. The largest absolute Gasteiger partial charge is 0.481 e. The van der Waals surface area contributed by atoms with Crippen molar-refractivity contribution in [3.8, 4) is 29.4 Å². The van der Waals surface area contributed by atoms with Gasteiger partial charge in [-0.3, -0.25) is 4.79 Å². The van der Waals surface area contributed by atoms with E-state index in [1.54, 1.807) is 39.2 Å². The molecule has 10 aromatic rings. The first-order valence-electron chi connectivity index (χ1n) is 40.8. The molecular weight excluding hydrogens is 1640 g/mol. The van der Waals surface area contributed by atoms with Crippen LogP contribution in [0, 0.1) is 0 Å². The van der Waals surface area contributed by atoms with Crippen LogP contribution in [-0.4, -0.2) is 113 Å². The van der Waals surface area contributed by atoms with Crippen molar-refractivity contribution < 1.29 is 86.5 Å². The summed E-state index contributed by atoms with van der Waals surface area (Å²) in [5, 5.41) is 32.0. The van der Waals surface area contributed by atoms with Gasteiger partial charge >= 0.3 is 11.9 Å². The molecule has 0 bridgehead atoms. The zero-order valence-corrected chi connectivity index (χ0v) is 75.3. The van der Waals surface area contributed by atoms with Gasteiger partial charge in [0, 0.05) is 39.8 Å². The van der Waals surface area contributed by atoms with E-state index in [4.69, 9.17) is 91.6 Å². The van der Waals surface area contributed by atoms with Crippen molar-refractivity contribution in [1.29, 1.82) is 0 Å². The Morgan fingerprint density at radius 3 is 0.968 bits per heavy atom. The molecule has 2 unspecified atom stereocenters. The average molecular weight is 1760 g/mol. The minimum absolute atomic E-state index is 0.0592. The van der Waals surface area contributed by atoms with Crippen molar-refractivity contribution in [2.75, 3.05) is 55.4 Å². The molecule has 0 spiro atoms. The van der Waals surface area contributed by atoms with Gasteiger partial charge in [-0.2, -0.15) is 0 Å². The van der Waals surface area contributed by atoms with Crippen LogP contribution < -0.4 is 23.7 Å². The van der Waals surface area contributed by atoms with Gasteiger partial charge in [-0.1, -0.05) is 261 Å². The second-order valence-corrected chi connectivity index (χ2v) is 29.1. The van der Waals surface area contributed by atoms with E-state index < -0.39 is 29.7 Å². The summed E-state index contributed by atoms with van der Waals surface area (Å²) in [6.45, 7) is 29.0. The molecule has 2 atom stereocenters. The molecule has 3 N–H and O–H groups in total. The molecule has 0 saturated heterocycles. The average Bonchev–Trinajstić information content (AvgIpc) is 0.791. The van der Waals surface area contributed by atoms with Crippen molar-refractivity contribution >= 4 is 63.7 Å². The summed E-state index contributed by atoms with van der Waals surface area (Å²) in [6, 6.07) is 57.5. The molecule has 0 aliphatic carbocycles. The summed E-state index contributed by atoms with van der Waals surface area (Å²) in [5.41, 5.74) is 11.5. The maximum atomic E-state index is 12.4. The molecule has 5 aromatic heterocycles. The predicted octanol–water partition coefficient (Wildman–Crippen LogP) is 20.9. The maximum Gasteiger partial charge on any atom is 0.357 e. The predicted molar refractivity (Wildman–Crippen MR) is 484 cm³/mol. The molecular formula is C98H116Cl3N5O18. The molecule has 23 nitrogen and oxygen atoms in total. The highest BCUT2D eigenvalue weighted by Crippen LogP contribution is 2.38. The monoisotopic (exact) mass is 1760 g/mol. The smallest absolute Gasteiger partial charge is 0.357 e. The lowest BCUT2D eigenvalue weighted by atomic mass is 9.88. The van der Waals surface area contributed by atoms with E-state index >= 15 is 0 Å². The third-order valence-electron chi connectivity index (χ3n) is 19.3. The van der Waals surface area contributed by atoms with Crippen LogP contribution in [-0.2, 0) is 110 Å². The van der Waals surface area contributed by atoms with Gasteiger partial charge in [-0.25, -0.2) is 34.5 Å². The van der Waals surface area contributed by atoms with Gasteiger partial charge in [0.05, 0.1) is 127 Å². The summed E-state index contributed by atoms with van der Waals surface area (Å²) in [5.74, 6) is 0.535. The van der Waals surface area contributed by atoms with Crippen LogP contribution in [0.2, 0.25) is 15.5 Å². The highest BCUT2D eigenvalue weighted by molar-refractivity contribution is 6.30. The molecule has 124 heavy (non-hydrogen) atoms. The quantitative estimate of drug-likeness (QED) is 0.0138. The fourth-order valence-electron chi connectivity index (χ4n) is 12.2. The minimum Gasteiger partial charge on any atom is -0.481 e. The van der Waals surface area contributed by atoms with Gasteiger partial charge < -0.3 is 72.2 Å². The standard InChI is InChI=1S/C22H27NO4.C21H25NO5.C19H22ClNO3.C18H22ClNO4.C18H20ClNO2/c1-5-12-27-22(24)20-13-18(16(3)6-2)19(21(23-20)25-4)15-26-14-17-10-8-7-9-11-17;1-4-11-27-21(24)18-12-16(19(23)5-2)17(20(22-18)25-3)14-26-13-15-9-7-6-8-10-15;1-4-19(22,5-2)16-11-17(20)21-18(23-3)15(16)13-24-12-14-9-7-6-8-10-14;1-3-18(22,12-21)15-9-16(19)20-17(23-2)14(15)11-24-10-13-7-5-4-6-8-13;1-4-13(2)15-10-17(19)20-18(21-3)16(15)12-22-11-14-8-6-5-7-9-14/h7-11,13H,3,5-6,12,14-15H2,1-2,4H3;6-10,12H,4-5,11,13-14H2,1-3H3;4,6-11,22H,1,5,12-13H2,2-3H3;4-9,21-22H,3,10-12H2,1-2H3;5-10H,2,4,11-12H2,1,3H3. The molecule has 0 fully saturated rings. The van der Waals surface area contributed by atoms with Crippen molar-refractivity contribution in [2.24, 2.45) is 0 Å². The summed E-state index contributed by atoms with van der Waals surface area (Å²) in [7, 11) is 7.56. The van der Waals surface area contributed by atoms with Crippen LogP contribution in [0.4, 0.5) is 0 Å². The molecule has 0 amide bonds. The molecule has 26 heteroatoms. The van der Waals surface area contributed by atoms with E-state index in [-0.39, 0.29) is 59.1 Å². The Kier molecular flexibility index (Phi) is 45.1. The molecule has 662 valence electrons. The van der Waals surface area contributed by atoms with Crippen LogP contribution in [0.1, 0.15) is 203 Å². The number of aliphatic hydroxyl groups is 3.